The molecule has 0 saturated heterocycles. The highest BCUT2D eigenvalue weighted by atomic mass is 35.5. The maximum atomic E-state index is 12.4. The molecule has 33 heavy (non-hydrogen) atoms. The lowest BCUT2D eigenvalue weighted by Gasteiger charge is -2.28. The van der Waals surface area contributed by atoms with Gasteiger partial charge in [0.25, 0.3) is 0 Å². The normalized spacial score (nSPS) is 12.6. The van der Waals surface area contributed by atoms with Crippen LogP contribution in [0.1, 0.15) is 38.0 Å². The third kappa shape index (κ3) is 4.90. The Balaban J connectivity index is 2.02. The van der Waals surface area contributed by atoms with Crippen LogP contribution in [0.4, 0.5) is 0 Å². The first-order valence-electron chi connectivity index (χ1n) is 10.7. The number of ether oxygens (including phenoxy) is 1. The van der Waals surface area contributed by atoms with Crippen LogP contribution in [0.5, 0.6) is 0 Å². The zero-order valence-electron chi connectivity index (χ0n) is 19.0. The van der Waals surface area contributed by atoms with Crippen molar-refractivity contribution in [3.63, 3.8) is 0 Å². The third-order valence-corrected chi connectivity index (χ3v) is 5.56. The Morgan fingerprint density at radius 3 is 2.27 bits per heavy atom. The first-order valence-corrected chi connectivity index (χ1v) is 11.0. The summed E-state index contributed by atoms with van der Waals surface area (Å²) in [5.74, 6) is -1.04. The maximum Gasteiger partial charge on any atom is 0.337 e. The van der Waals surface area contributed by atoms with E-state index in [1.807, 2.05) is 70.2 Å². The van der Waals surface area contributed by atoms with Crippen molar-refractivity contribution in [3.8, 4) is 22.4 Å². The predicted octanol–water partition coefficient (Wildman–Crippen LogP) is 6.87. The SMILES string of the molecule is Cc1cc2nc(-c3ccncc3)ccc2c(-c2ccc(Cl)cc2)c1[C@H](OC(C)(C)C)C(=O)O. The Hall–Kier alpha value is -3.28. The number of fused-ring (bicyclic) bond motifs is 1. The number of halogens is 1. The van der Waals surface area contributed by atoms with Crippen molar-refractivity contribution < 1.29 is 14.6 Å². The van der Waals surface area contributed by atoms with E-state index in [-0.39, 0.29) is 0 Å². The lowest BCUT2D eigenvalue weighted by molar-refractivity contribution is -0.160. The quantitative estimate of drug-likeness (QED) is 0.352. The first kappa shape index (κ1) is 22.9. The summed E-state index contributed by atoms with van der Waals surface area (Å²) in [5.41, 5.74) is 4.95. The zero-order valence-corrected chi connectivity index (χ0v) is 19.7. The molecule has 2 aromatic heterocycles. The fourth-order valence-corrected chi connectivity index (χ4v) is 4.08. The van der Waals surface area contributed by atoms with Gasteiger partial charge in [0, 0.05) is 33.9 Å². The van der Waals surface area contributed by atoms with Crippen molar-refractivity contribution >= 4 is 28.5 Å². The van der Waals surface area contributed by atoms with E-state index in [2.05, 4.69) is 4.98 Å². The summed E-state index contributed by atoms with van der Waals surface area (Å²) in [6.07, 6.45) is 2.33. The van der Waals surface area contributed by atoms with Crippen molar-refractivity contribution in [2.24, 2.45) is 0 Å². The second-order valence-electron chi connectivity index (χ2n) is 8.94. The molecule has 4 aromatic rings. The van der Waals surface area contributed by atoms with E-state index < -0.39 is 17.7 Å². The van der Waals surface area contributed by atoms with E-state index in [0.717, 1.165) is 38.9 Å². The molecule has 1 atom stereocenters. The van der Waals surface area contributed by atoms with Gasteiger partial charge in [0.2, 0.25) is 0 Å². The van der Waals surface area contributed by atoms with E-state index in [4.69, 9.17) is 21.3 Å². The number of aromatic nitrogens is 2. The van der Waals surface area contributed by atoms with Gasteiger partial charge in [0.05, 0.1) is 16.8 Å². The Kier molecular flexibility index (Phi) is 6.19. The molecule has 2 heterocycles. The molecule has 0 fully saturated rings. The van der Waals surface area contributed by atoms with E-state index in [9.17, 15) is 9.90 Å². The molecular weight excluding hydrogens is 436 g/mol. The molecule has 0 aliphatic rings. The van der Waals surface area contributed by atoms with Crippen LogP contribution in [-0.2, 0) is 9.53 Å². The van der Waals surface area contributed by atoms with E-state index in [0.29, 0.717) is 10.6 Å². The van der Waals surface area contributed by atoms with E-state index in [1.165, 1.54) is 0 Å². The molecule has 4 rings (SSSR count). The molecule has 5 nitrogen and oxygen atoms in total. The van der Waals surface area contributed by atoms with Gasteiger partial charge in [-0.25, -0.2) is 9.78 Å². The van der Waals surface area contributed by atoms with Crippen LogP contribution >= 0.6 is 11.6 Å². The summed E-state index contributed by atoms with van der Waals surface area (Å²) in [6, 6.07) is 17.1. The summed E-state index contributed by atoms with van der Waals surface area (Å²) in [7, 11) is 0. The summed E-state index contributed by atoms with van der Waals surface area (Å²) in [4.78, 5) is 21.3. The molecule has 0 aliphatic heterocycles. The Morgan fingerprint density at radius 1 is 1.00 bits per heavy atom. The molecule has 0 bridgehead atoms. The molecule has 1 N–H and O–H groups in total. The van der Waals surface area contributed by atoms with Gasteiger partial charge < -0.3 is 9.84 Å². The van der Waals surface area contributed by atoms with Gasteiger partial charge in [-0.05, 0) is 80.8 Å². The molecule has 0 saturated carbocycles. The van der Waals surface area contributed by atoms with Gasteiger partial charge in [-0.15, -0.1) is 0 Å². The third-order valence-electron chi connectivity index (χ3n) is 5.31. The Bertz CT molecular complexity index is 1310. The van der Waals surface area contributed by atoms with Crippen LogP contribution in [0.15, 0.2) is 67.0 Å². The standard InChI is InChI=1S/C27H25ClN2O3/c1-16-15-22-20(9-10-21(30-22)17-11-13-29-14-12-17)24(18-5-7-19(28)8-6-18)23(16)25(26(31)32)33-27(2,3)4/h5-15,25H,1-4H3,(H,31,32)/t25-/m0/s1. The van der Waals surface area contributed by atoms with Gasteiger partial charge in [-0.1, -0.05) is 29.8 Å². The lowest BCUT2D eigenvalue weighted by atomic mass is 9.88. The predicted molar refractivity (Wildman–Crippen MR) is 131 cm³/mol. The molecule has 0 unspecified atom stereocenters. The Labute approximate surface area is 198 Å². The number of rotatable bonds is 5. The van der Waals surface area contributed by atoms with Crippen molar-refractivity contribution in [2.75, 3.05) is 0 Å². The number of hydrogen-bond acceptors (Lipinski definition) is 4. The van der Waals surface area contributed by atoms with Crippen molar-refractivity contribution in [3.05, 3.63) is 83.1 Å². The van der Waals surface area contributed by atoms with Crippen LogP contribution in [0, 0.1) is 6.92 Å². The largest absolute Gasteiger partial charge is 0.479 e. The number of carboxylic acid groups (broad SMARTS) is 1. The second kappa shape index (κ2) is 8.93. The average molecular weight is 461 g/mol. The highest BCUT2D eigenvalue weighted by Crippen LogP contribution is 2.41. The molecule has 0 spiro atoms. The molecule has 2 aromatic carbocycles. The fraction of sp³-hybridized carbons (Fsp3) is 0.222. The van der Waals surface area contributed by atoms with Crippen LogP contribution in [-0.4, -0.2) is 26.6 Å². The number of benzene rings is 2. The number of hydrogen-bond donors (Lipinski definition) is 1. The monoisotopic (exact) mass is 460 g/mol. The average Bonchev–Trinajstić information content (AvgIpc) is 2.77. The van der Waals surface area contributed by atoms with Gasteiger partial charge in [0.15, 0.2) is 6.10 Å². The van der Waals surface area contributed by atoms with Crippen molar-refractivity contribution in [1.82, 2.24) is 9.97 Å². The van der Waals surface area contributed by atoms with Crippen molar-refractivity contribution in [1.29, 1.82) is 0 Å². The smallest absolute Gasteiger partial charge is 0.337 e. The summed E-state index contributed by atoms with van der Waals surface area (Å²) < 4.78 is 6.04. The van der Waals surface area contributed by atoms with Gasteiger partial charge in [-0.2, -0.15) is 0 Å². The number of carbonyl (C=O) groups is 1. The summed E-state index contributed by atoms with van der Waals surface area (Å²) in [5, 5.41) is 11.6. The van der Waals surface area contributed by atoms with Gasteiger partial charge in [0.1, 0.15) is 0 Å². The minimum atomic E-state index is -1.14. The van der Waals surface area contributed by atoms with Crippen LogP contribution in [0.2, 0.25) is 5.02 Å². The highest BCUT2D eigenvalue weighted by molar-refractivity contribution is 6.30. The summed E-state index contributed by atoms with van der Waals surface area (Å²) >= 11 is 6.14. The topological polar surface area (TPSA) is 72.3 Å². The first-order chi connectivity index (χ1) is 15.6. The van der Waals surface area contributed by atoms with Gasteiger partial charge in [-0.3, -0.25) is 4.98 Å². The van der Waals surface area contributed by atoms with Crippen LogP contribution < -0.4 is 0 Å². The number of pyridine rings is 2. The minimum Gasteiger partial charge on any atom is -0.479 e. The number of aliphatic carboxylic acids is 1. The maximum absolute atomic E-state index is 12.4. The molecule has 0 amide bonds. The second-order valence-corrected chi connectivity index (χ2v) is 9.37. The van der Waals surface area contributed by atoms with Crippen molar-refractivity contribution in [2.45, 2.75) is 39.4 Å². The molecule has 0 radical (unpaired) electrons. The molecular formula is C27H25ClN2O3. The lowest BCUT2D eigenvalue weighted by Crippen LogP contribution is -2.28. The zero-order chi connectivity index (χ0) is 23.8. The van der Waals surface area contributed by atoms with Gasteiger partial charge >= 0.3 is 5.97 Å². The summed E-state index contributed by atoms with van der Waals surface area (Å²) in [6.45, 7) is 7.45. The van der Waals surface area contributed by atoms with Crippen LogP contribution in [0.25, 0.3) is 33.3 Å². The number of aryl methyl sites for hydroxylation is 1. The molecule has 6 heteroatoms. The van der Waals surface area contributed by atoms with E-state index in [1.54, 1.807) is 24.5 Å². The number of carboxylic acids is 1. The van der Waals surface area contributed by atoms with Crippen LogP contribution in [0.3, 0.4) is 0 Å². The highest BCUT2D eigenvalue weighted by Gasteiger charge is 2.31. The fourth-order valence-electron chi connectivity index (χ4n) is 3.96. The molecule has 168 valence electrons. The number of nitrogens with zero attached hydrogens (tertiary/aromatic N) is 2. The minimum absolute atomic E-state index is 0.607. The molecule has 0 aliphatic carbocycles. The Morgan fingerprint density at radius 2 is 1.67 bits per heavy atom. The van der Waals surface area contributed by atoms with E-state index >= 15 is 0 Å².